The van der Waals surface area contributed by atoms with Gasteiger partial charge in [-0.15, -0.1) is 0 Å². The van der Waals surface area contributed by atoms with E-state index in [0.717, 1.165) is 12.4 Å². The molecule has 0 saturated carbocycles. The molecule has 0 radical (unpaired) electrons. The van der Waals surface area contributed by atoms with Crippen LogP contribution in [0.4, 0.5) is 0 Å². The van der Waals surface area contributed by atoms with E-state index >= 15 is 0 Å². The first kappa shape index (κ1) is 9.24. The van der Waals surface area contributed by atoms with Crippen molar-refractivity contribution in [2.24, 2.45) is 0 Å². The van der Waals surface area contributed by atoms with Gasteiger partial charge in [0.05, 0.1) is 0 Å². The van der Waals surface area contributed by atoms with Gasteiger partial charge in [0.2, 0.25) is 0 Å². The lowest BCUT2D eigenvalue weighted by atomic mass is 10.6. The summed E-state index contributed by atoms with van der Waals surface area (Å²) in [4.78, 5) is 3.07. The van der Waals surface area contributed by atoms with Gasteiger partial charge in [-0.05, 0) is 0 Å². The van der Waals surface area contributed by atoms with Crippen LogP contribution in [0.3, 0.4) is 0 Å². The zero-order valence-corrected chi connectivity index (χ0v) is 6.73. The number of rotatable bonds is 2. The number of aromatic nitrogens is 2. The second-order valence-electron chi connectivity index (χ2n) is 1.99. The molecule has 0 aliphatic heterocycles. The van der Waals surface area contributed by atoms with Crippen molar-refractivity contribution >= 4 is 0 Å². The first-order chi connectivity index (χ1) is 4.34. The highest BCUT2D eigenvalue weighted by Gasteiger charge is 1.98. The predicted octanol–water partition coefficient (Wildman–Crippen LogP) is -2.20. The first-order valence-electron chi connectivity index (χ1n) is 2.99. The van der Waals surface area contributed by atoms with Crippen LogP contribution in [0.25, 0.3) is 0 Å². The minimum absolute atomic E-state index is 0. The molecular formula is C7H11ClN2. The number of halogens is 1. The zero-order chi connectivity index (χ0) is 6.69. The first-order valence-corrected chi connectivity index (χ1v) is 2.99. The van der Waals surface area contributed by atoms with Crippen molar-refractivity contribution in [3.05, 3.63) is 30.9 Å². The molecule has 56 valence electrons. The Kier molecular flexibility index (Phi) is 3.81. The van der Waals surface area contributed by atoms with Crippen LogP contribution in [0.2, 0.25) is 0 Å². The van der Waals surface area contributed by atoms with Crippen molar-refractivity contribution in [2.45, 2.75) is 13.5 Å². The molecule has 1 aromatic rings. The van der Waals surface area contributed by atoms with E-state index in [9.17, 15) is 0 Å². The smallest absolute Gasteiger partial charge is 0.251 e. The number of allylic oxidation sites excluding steroid dienone is 1. The number of hydrogen-bond acceptors (Lipinski definition) is 0. The third-order valence-corrected chi connectivity index (χ3v) is 1.30. The van der Waals surface area contributed by atoms with Crippen molar-refractivity contribution in [1.82, 2.24) is 4.98 Å². The van der Waals surface area contributed by atoms with Crippen molar-refractivity contribution in [3.63, 3.8) is 0 Å². The lowest BCUT2D eigenvalue weighted by Gasteiger charge is -1.87. The number of H-pyrrole nitrogens is 1. The quantitative estimate of drug-likeness (QED) is 0.373. The van der Waals surface area contributed by atoms with E-state index < -0.39 is 0 Å². The monoisotopic (exact) mass is 158 g/mol. The van der Waals surface area contributed by atoms with E-state index in [4.69, 9.17) is 0 Å². The maximum Gasteiger partial charge on any atom is 0.251 e. The zero-order valence-electron chi connectivity index (χ0n) is 5.97. The summed E-state index contributed by atoms with van der Waals surface area (Å²) in [6, 6.07) is 0. The summed E-state index contributed by atoms with van der Waals surface area (Å²) in [6.45, 7) is 6.56. The van der Waals surface area contributed by atoms with Gasteiger partial charge in [-0.1, -0.05) is 12.7 Å². The van der Waals surface area contributed by atoms with Gasteiger partial charge in [0.25, 0.3) is 5.82 Å². The molecule has 0 atom stereocenters. The highest BCUT2D eigenvalue weighted by atomic mass is 35.5. The lowest BCUT2D eigenvalue weighted by Crippen LogP contribution is -3.00. The second-order valence-corrected chi connectivity index (χ2v) is 1.99. The third kappa shape index (κ3) is 1.88. The number of aromatic amines is 1. The molecule has 0 aromatic carbocycles. The molecule has 3 heteroatoms. The SMILES string of the molecule is C=CC[n+]1cc[nH]c1C.[Cl-]. The van der Waals surface area contributed by atoms with E-state index in [0.29, 0.717) is 0 Å². The Morgan fingerprint density at radius 1 is 1.80 bits per heavy atom. The number of aryl methyl sites for hydroxylation is 1. The molecule has 1 rings (SSSR count). The van der Waals surface area contributed by atoms with Crippen LogP contribution in [0.1, 0.15) is 5.82 Å². The van der Waals surface area contributed by atoms with Gasteiger partial charge in [0.15, 0.2) is 0 Å². The van der Waals surface area contributed by atoms with Crippen molar-refractivity contribution < 1.29 is 17.0 Å². The summed E-state index contributed by atoms with van der Waals surface area (Å²) >= 11 is 0. The van der Waals surface area contributed by atoms with Gasteiger partial charge in [0.1, 0.15) is 18.9 Å². The van der Waals surface area contributed by atoms with Crippen LogP contribution in [0.5, 0.6) is 0 Å². The highest BCUT2D eigenvalue weighted by Crippen LogP contribution is 1.80. The van der Waals surface area contributed by atoms with E-state index in [2.05, 4.69) is 16.1 Å². The Bertz CT molecular complexity index is 205. The normalized spacial score (nSPS) is 8.50. The average molecular weight is 159 g/mol. The maximum absolute atomic E-state index is 3.64. The summed E-state index contributed by atoms with van der Waals surface area (Å²) in [5.74, 6) is 1.16. The van der Waals surface area contributed by atoms with Gasteiger partial charge in [0, 0.05) is 6.92 Å². The molecule has 10 heavy (non-hydrogen) atoms. The number of nitrogens with one attached hydrogen (secondary N) is 1. The molecule has 0 aliphatic carbocycles. The van der Waals surface area contributed by atoms with Gasteiger partial charge in [-0.2, -0.15) is 0 Å². The molecule has 0 amide bonds. The lowest BCUT2D eigenvalue weighted by molar-refractivity contribution is -0.691. The molecule has 1 N–H and O–H groups in total. The van der Waals surface area contributed by atoms with Crippen molar-refractivity contribution in [3.8, 4) is 0 Å². The highest BCUT2D eigenvalue weighted by molar-refractivity contribution is 4.72. The van der Waals surface area contributed by atoms with Gasteiger partial charge in [-0.25, -0.2) is 9.55 Å². The summed E-state index contributed by atoms with van der Waals surface area (Å²) in [6.07, 6.45) is 5.79. The standard InChI is InChI=1S/C7H10N2.ClH/c1-3-5-9-6-4-8-7(9)2;/h3-4,6H,1,5H2,2H3;1H. The van der Waals surface area contributed by atoms with Gasteiger partial charge >= 0.3 is 0 Å². The Morgan fingerprint density at radius 2 is 2.50 bits per heavy atom. The summed E-state index contributed by atoms with van der Waals surface area (Å²) in [5.41, 5.74) is 0. The molecule has 0 aliphatic rings. The van der Waals surface area contributed by atoms with Crippen LogP contribution >= 0.6 is 0 Å². The van der Waals surface area contributed by atoms with Crippen LogP contribution < -0.4 is 17.0 Å². The van der Waals surface area contributed by atoms with E-state index in [-0.39, 0.29) is 12.4 Å². The van der Waals surface area contributed by atoms with Crippen LogP contribution in [0, 0.1) is 6.92 Å². The third-order valence-electron chi connectivity index (χ3n) is 1.30. The molecule has 0 unspecified atom stereocenters. The average Bonchev–Trinajstić information content (AvgIpc) is 2.18. The van der Waals surface area contributed by atoms with E-state index in [1.54, 1.807) is 0 Å². The topological polar surface area (TPSA) is 19.7 Å². The van der Waals surface area contributed by atoms with E-state index in [1.165, 1.54) is 0 Å². The Hall–Kier alpha value is -0.760. The molecule has 1 heterocycles. The van der Waals surface area contributed by atoms with E-state index in [1.807, 2.05) is 25.4 Å². The van der Waals surface area contributed by atoms with Crippen LogP contribution in [-0.2, 0) is 6.54 Å². The van der Waals surface area contributed by atoms with Crippen LogP contribution in [0.15, 0.2) is 25.0 Å². The van der Waals surface area contributed by atoms with Gasteiger partial charge < -0.3 is 12.4 Å². The summed E-state index contributed by atoms with van der Waals surface area (Å²) < 4.78 is 2.09. The molecule has 0 fully saturated rings. The Morgan fingerprint density at radius 3 is 2.90 bits per heavy atom. The maximum atomic E-state index is 3.64. The van der Waals surface area contributed by atoms with Gasteiger partial charge in [-0.3, -0.25) is 0 Å². The second kappa shape index (κ2) is 4.12. The van der Waals surface area contributed by atoms with Crippen LogP contribution in [-0.4, -0.2) is 4.98 Å². The fraction of sp³-hybridized carbons (Fsp3) is 0.286. The predicted molar refractivity (Wildman–Crippen MR) is 35.9 cm³/mol. The van der Waals surface area contributed by atoms with Crippen molar-refractivity contribution in [1.29, 1.82) is 0 Å². The number of hydrogen-bond donors (Lipinski definition) is 1. The number of imidazole rings is 1. The van der Waals surface area contributed by atoms with Crippen molar-refractivity contribution in [2.75, 3.05) is 0 Å². The summed E-state index contributed by atoms with van der Waals surface area (Å²) in [5, 5.41) is 0. The molecule has 2 nitrogen and oxygen atoms in total. The Labute approximate surface area is 67.0 Å². The molecule has 0 bridgehead atoms. The largest absolute Gasteiger partial charge is 1.00 e. The molecular weight excluding hydrogens is 148 g/mol. The summed E-state index contributed by atoms with van der Waals surface area (Å²) in [7, 11) is 0. The Balaban J connectivity index is 0.000000810. The molecule has 0 saturated heterocycles. The fourth-order valence-electron chi connectivity index (χ4n) is 0.779. The molecule has 1 aromatic heterocycles. The fourth-order valence-corrected chi connectivity index (χ4v) is 0.779. The minimum atomic E-state index is 0. The molecule has 0 spiro atoms. The minimum Gasteiger partial charge on any atom is -1.00 e. The number of nitrogens with zero attached hydrogens (tertiary/aromatic N) is 1.